The van der Waals surface area contributed by atoms with Crippen LogP contribution < -0.4 is 0 Å². The lowest BCUT2D eigenvalue weighted by atomic mass is 10.1. The fraction of sp³-hybridized carbons (Fsp3) is 0.583. The van der Waals surface area contributed by atoms with Crippen molar-refractivity contribution in [3.63, 3.8) is 0 Å². The second-order valence-corrected chi connectivity index (χ2v) is 5.55. The summed E-state index contributed by atoms with van der Waals surface area (Å²) < 4.78 is 1.75. The molecule has 3 rings (SSSR count). The van der Waals surface area contributed by atoms with Crippen molar-refractivity contribution >= 4 is 21.9 Å². The molecule has 0 radical (unpaired) electrons. The van der Waals surface area contributed by atoms with Gasteiger partial charge in [-0.05, 0) is 25.0 Å². The highest BCUT2D eigenvalue weighted by Crippen LogP contribution is 2.26. The van der Waals surface area contributed by atoms with Crippen LogP contribution in [0.4, 0.5) is 0 Å². The molecule has 0 saturated heterocycles. The first-order chi connectivity index (χ1) is 8.86. The second kappa shape index (κ2) is 5.16. The third-order valence-electron chi connectivity index (χ3n) is 3.28. The maximum Gasteiger partial charge on any atom is 0.234 e. The molecular weight excluding hydrogens is 246 g/mol. The van der Waals surface area contributed by atoms with Crippen LogP contribution in [0.2, 0.25) is 0 Å². The summed E-state index contributed by atoms with van der Waals surface area (Å²) in [6.45, 7) is 5.65. The molecule has 0 aromatic carbocycles. The van der Waals surface area contributed by atoms with Gasteiger partial charge in [0.1, 0.15) is 11.3 Å². The van der Waals surface area contributed by atoms with Crippen LogP contribution in [0.1, 0.15) is 31.2 Å². The molecule has 5 nitrogen and oxygen atoms in total. The van der Waals surface area contributed by atoms with Gasteiger partial charge < -0.3 is 0 Å². The first-order valence-corrected chi connectivity index (χ1v) is 7.27. The Bertz CT molecular complexity index is 527. The largest absolute Gasteiger partial charge is 0.299 e. The van der Waals surface area contributed by atoms with Gasteiger partial charge in [0, 0.05) is 13.1 Å². The van der Waals surface area contributed by atoms with E-state index in [1.54, 1.807) is 22.2 Å². The van der Waals surface area contributed by atoms with Crippen molar-refractivity contribution in [3.05, 3.63) is 17.4 Å². The zero-order valence-corrected chi connectivity index (χ0v) is 11.4. The lowest BCUT2D eigenvalue weighted by molar-refractivity contribution is 0.297. The maximum absolute atomic E-state index is 4.51. The summed E-state index contributed by atoms with van der Waals surface area (Å²) in [4.78, 5) is 3.38. The topological polar surface area (TPSA) is 46.3 Å². The zero-order chi connectivity index (χ0) is 12.4. The minimum atomic E-state index is 0.874. The molecule has 0 fully saturated rings. The van der Waals surface area contributed by atoms with Gasteiger partial charge in [0.15, 0.2) is 0 Å². The van der Waals surface area contributed by atoms with E-state index in [9.17, 15) is 0 Å². The van der Waals surface area contributed by atoms with Gasteiger partial charge in [0.2, 0.25) is 4.96 Å². The summed E-state index contributed by atoms with van der Waals surface area (Å²) in [5.41, 5.74) is 1.36. The van der Waals surface area contributed by atoms with Crippen molar-refractivity contribution in [3.8, 4) is 0 Å². The SMILES string of the molecule is CCCCN1CC=C(c2nn3cnnc3s2)CC1. The first-order valence-electron chi connectivity index (χ1n) is 6.45. The highest BCUT2D eigenvalue weighted by molar-refractivity contribution is 7.17. The van der Waals surface area contributed by atoms with Gasteiger partial charge >= 0.3 is 0 Å². The van der Waals surface area contributed by atoms with Crippen LogP contribution in [0.5, 0.6) is 0 Å². The van der Waals surface area contributed by atoms with Gasteiger partial charge in [-0.25, -0.2) is 0 Å². The van der Waals surface area contributed by atoms with Gasteiger partial charge in [-0.2, -0.15) is 9.61 Å². The van der Waals surface area contributed by atoms with Gasteiger partial charge in [0.25, 0.3) is 0 Å². The fourth-order valence-corrected chi connectivity index (χ4v) is 3.07. The van der Waals surface area contributed by atoms with Crippen LogP contribution >= 0.6 is 11.3 Å². The van der Waals surface area contributed by atoms with Gasteiger partial charge in [-0.15, -0.1) is 10.2 Å². The number of hydrogen-bond donors (Lipinski definition) is 0. The fourth-order valence-electron chi connectivity index (χ4n) is 2.18. The Morgan fingerprint density at radius 2 is 2.39 bits per heavy atom. The van der Waals surface area contributed by atoms with E-state index in [1.807, 2.05) is 0 Å². The number of aromatic nitrogens is 4. The average Bonchev–Trinajstić information content (AvgIpc) is 2.97. The van der Waals surface area contributed by atoms with E-state index >= 15 is 0 Å². The molecule has 2 aromatic heterocycles. The summed E-state index contributed by atoms with van der Waals surface area (Å²) >= 11 is 1.62. The third-order valence-corrected chi connectivity index (χ3v) is 4.27. The molecular formula is C12H17N5S. The summed E-state index contributed by atoms with van der Waals surface area (Å²) in [5.74, 6) is 0. The van der Waals surface area contributed by atoms with Crippen molar-refractivity contribution in [2.75, 3.05) is 19.6 Å². The maximum atomic E-state index is 4.51. The van der Waals surface area contributed by atoms with E-state index in [0.29, 0.717) is 0 Å². The van der Waals surface area contributed by atoms with Crippen molar-refractivity contribution < 1.29 is 0 Å². The Labute approximate surface area is 110 Å². The third kappa shape index (κ3) is 2.30. The lowest BCUT2D eigenvalue weighted by Crippen LogP contribution is -2.29. The van der Waals surface area contributed by atoms with Gasteiger partial charge in [0.05, 0.1) is 0 Å². The van der Waals surface area contributed by atoms with Crippen LogP contribution in [-0.4, -0.2) is 44.3 Å². The molecule has 0 saturated carbocycles. The van der Waals surface area contributed by atoms with Crippen molar-refractivity contribution in [2.45, 2.75) is 26.2 Å². The molecule has 18 heavy (non-hydrogen) atoms. The summed E-state index contributed by atoms with van der Waals surface area (Å²) in [5, 5.41) is 13.4. The molecule has 3 heterocycles. The molecule has 1 aliphatic heterocycles. The Kier molecular flexibility index (Phi) is 3.38. The minimum absolute atomic E-state index is 0.874. The number of rotatable bonds is 4. The molecule has 1 aliphatic rings. The molecule has 0 aliphatic carbocycles. The zero-order valence-electron chi connectivity index (χ0n) is 10.5. The van der Waals surface area contributed by atoms with E-state index < -0.39 is 0 Å². The Balaban J connectivity index is 1.70. The van der Waals surface area contributed by atoms with Crippen LogP contribution in [0, 0.1) is 0 Å². The van der Waals surface area contributed by atoms with E-state index in [0.717, 1.165) is 29.5 Å². The van der Waals surface area contributed by atoms with Crippen molar-refractivity contribution in [1.29, 1.82) is 0 Å². The molecule has 6 heteroatoms. The monoisotopic (exact) mass is 263 g/mol. The number of hydrogen-bond acceptors (Lipinski definition) is 5. The molecule has 0 amide bonds. The molecule has 0 unspecified atom stereocenters. The Morgan fingerprint density at radius 1 is 1.44 bits per heavy atom. The Morgan fingerprint density at radius 3 is 3.11 bits per heavy atom. The molecule has 0 bridgehead atoms. The number of nitrogens with zero attached hydrogens (tertiary/aromatic N) is 5. The molecule has 96 valence electrons. The van der Waals surface area contributed by atoms with Gasteiger partial charge in [-0.3, -0.25) is 4.90 Å². The number of fused-ring (bicyclic) bond motifs is 1. The van der Waals surface area contributed by atoms with Crippen LogP contribution in [0.3, 0.4) is 0 Å². The quantitative estimate of drug-likeness (QED) is 0.847. The highest BCUT2D eigenvalue weighted by atomic mass is 32.1. The molecule has 0 atom stereocenters. The standard InChI is InChI=1S/C12H17N5S/c1-2-3-6-16-7-4-10(5-8-16)11-15-17-9-13-14-12(17)18-11/h4,9H,2-3,5-8H2,1H3. The summed E-state index contributed by atoms with van der Waals surface area (Å²) in [6.07, 6.45) is 7.62. The minimum Gasteiger partial charge on any atom is -0.299 e. The van der Waals surface area contributed by atoms with E-state index in [1.165, 1.54) is 25.0 Å². The van der Waals surface area contributed by atoms with Crippen molar-refractivity contribution in [2.24, 2.45) is 0 Å². The predicted octanol–water partition coefficient (Wildman–Crippen LogP) is 2.07. The summed E-state index contributed by atoms with van der Waals surface area (Å²) in [6, 6.07) is 0. The molecule has 0 spiro atoms. The van der Waals surface area contributed by atoms with Gasteiger partial charge in [-0.1, -0.05) is 30.8 Å². The van der Waals surface area contributed by atoms with Crippen LogP contribution in [0.25, 0.3) is 10.5 Å². The predicted molar refractivity (Wildman–Crippen MR) is 72.6 cm³/mol. The number of unbranched alkanes of at least 4 members (excludes halogenated alkanes) is 1. The summed E-state index contributed by atoms with van der Waals surface area (Å²) in [7, 11) is 0. The average molecular weight is 263 g/mol. The molecule has 0 N–H and O–H groups in total. The lowest BCUT2D eigenvalue weighted by Gasteiger charge is -2.25. The second-order valence-electron chi connectivity index (χ2n) is 4.60. The normalized spacial score (nSPS) is 17.3. The smallest absolute Gasteiger partial charge is 0.234 e. The van der Waals surface area contributed by atoms with E-state index in [4.69, 9.17) is 0 Å². The Hall–Kier alpha value is -1.27. The molecule has 2 aromatic rings. The van der Waals surface area contributed by atoms with Crippen LogP contribution in [0.15, 0.2) is 12.4 Å². The van der Waals surface area contributed by atoms with Crippen molar-refractivity contribution in [1.82, 2.24) is 24.7 Å². The van der Waals surface area contributed by atoms with E-state index in [2.05, 4.69) is 33.2 Å². The van der Waals surface area contributed by atoms with Crippen LogP contribution in [-0.2, 0) is 0 Å². The highest BCUT2D eigenvalue weighted by Gasteiger charge is 2.16. The first kappa shape index (κ1) is 11.8. The van der Waals surface area contributed by atoms with E-state index in [-0.39, 0.29) is 0 Å².